The number of amides is 1. The minimum Gasteiger partial charge on any atom is -0.350 e. The van der Waals surface area contributed by atoms with Gasteiger partial charge in [-0.3, -0.25) is 4.79 Å². The van der Waals surface area contributed by atoms with E-state index in [1.165, 1.54) is 19.3 Å². The van der Waals surface area contributed by atoms with E-state index in [0.29, 0.717) is 17.9 Å². The number of carbonyl (C=O) groups is 1. The van der Waals surface area contributed by atoms with Gasteiger partial charge in [-0.15, -0.1) is 0 Å². The van der Waals surface area contributed by atoms with Crippen LogP contribution in [-0.2, 0) is 4.79 Å². The summed E-state index contributed by atoms with van der Waals surface area (Å²) in [6, 6.07) is 0.441. The highest BCUT2D eigenvalue weighted by Crippen LogP contribution is 2.30. The molecule has 0 aromatic rings. The molecule has 0 heterocycles. The molecule has 0 bridgehead atoms. The molecule has 2 rings (SSSR count). The highest BCUT2D eigenvalue weighted by Gasteiger charge is 2.27. The molecule has 2 aliphatic rings. The van der Waals surface area contributed by atoms with Crippen molar-refractivity contribution in [1.29, 1.82) is 0 Å². The molecule has 0 aromatic heterocycles. The van der Waals surface area contributed by atoms with Gasteiger partial charge in [0.25, 0.3) is 0 Å². The van der Waals surface area contributed by atoms with E-state index in [-0.39, 0.29) is 5.91 Å². The molecule has 2 saturated carbocycles. The molecule has 2 aliphatic carbocycles. The highest BCUT2D eigenvalue weighted by atomic mass is 16.1. The zero-order valence-corrected chi connectivity index (χ0v) is 8.12. The minimum absolute atomic E-state index is 0.100. The summed E-state index contributed by atoms with van der Waals surface area (Å²) < 4.78 is 0. The Morgan fingerprint density at radius 3 is 2.54 bits per heavy atom. The molecule has 72 valence electrons. The van der Waals surface area contributed by atoms with E-state index in [1.54, 1.807) is 6.08 Å². The summed E-state index contributed by atoms with van der Waals surface area (Å²) in [5.41, 5.74) is 0. The quantitative estimate of drug-likeness (QED) is 0.658. The average Bonchev–Trinajstić information content (AvgIpc) is 2.92. The highest BCUT2D eigenvalue weighted by molar-refractivity contribution is 5.87. The second-order valence-corrected chi connectivity index (χ2v) is 4.37. The van der Waals surface area contributed by atoms with Crippen molar-refractivity contribution in [3.63, 3.8) is 0 Å². The van der Waals surface area contributed by atoms with Crippen LogP contribution in [0.2, 0.25) is 0 Å². The summed E-state index contributed by atoms with van der Waals surface area (Å²) in [6.45, 7) is 2.19. The minimum atomic E-state index is 0.100. The van der Waals surface area contributed by atoms with Crippen molar-refractivity contribution in [3.05, 3.63) is 12.2 Å². The summed E-state index contributed by atoms with van der Waals surface area (Å²) in [7, 11) is 0. The number of rotatable bonds is 3. The summed E-state index contributed by atoms with van der Waals surface area (Å²) >= 11 is 0. The first-order valence-corrected chi connectivity index (χ1v) is 5.24. The number of carbonyl (C=O) groups excluding carboxylic acids is 1. The summed E-state index contributed by atoms with van der Waals surface area (Å²) in [4.78, 5) is 11.3. The third-order valence-corrected chi connectivity index (χ3v) is 3.09. The fourth-order valence-corrected chi connectivity index (χ4v) is 1.62. The molecular formula is C11H17NO. The molecule has 2 unspecified atom stereocenters. The maximum absolute atomic E-state index is 11.3. The molecule has 2 fully saturated rings. The Morgan fingerprint density at radius 1 is 1.31 bits per heavy atom. The number of hydrogen-bond acceptors (Lipinski definition) is 1. The van der Waals surface area contributed by atoms with Gasteiger partial charge in [-0.1, -0.05) is 13.0 Å². The van der Waals surface area contributed by atoms with E-state index < -0.39 is 0 Å². The molecule has 1 N–H and O–H groups in total. The molecule has 2 atom stereocenters. The normalized spacial score (nSPS) is 33.0. The van der Waals surface area contributed by atoms with Gasteiger partial charge in [-0.25, -0.2) is 0 Å². The molecule has 13 heavy (non-hydrogen) atoms. The van der Waals surface area contributed by atoms with Gasteiger partial charge in [0.1, 0.15) is 0 Å². The fourth-order valence-electron chi connectivity index (χ4n) is 1.62. The average molecular weight is 179 g/mol. The second-order valence-electron chi connectivity index (χ2n) is 4.37. The molecule has 0 aliphatic heterocycles. The van der Waals surface area contributed by atoms with Crippen LogP contribution in [0.4, 0.5) is 0 Å². The van der Waals surface area contributed by atoms with Gasteiger partial charge in [0.05, 0.1) is 0 Å². The van der Waals surface area contributed by atoms with E-state index in [4.69, 9.17) is 0 Å². The van der Waals surface area contributed by atoms with Crippen LogP contribution in [0.3, 0.4) is 0 Å². The molecule has 0 spiro atoms. The molecule has 2 heteroatoms. The third kappa shape index (κ3) is 2.33. The van der Waals surface area contributed by atoms with Crippen molar-refractivity contribution in [2.24, 2.45) is 11.8 Å². The van der Waals surface area contributed by atoms with Crippen molar-refractivity contribution < 1.29 is 4.79 Å². The lowest BCUT2D eigenvalue weighted by molar-refractivity contribution is -0.118. The van der Waals surface area contributed by atoms with Crippen LogP contribution in [0.5, 0.6) is 0 Å². The van der Waals surface area contributed by atoms with Crippen molar-refractivity contribution in [3.8, 4) is 0 Å². The Labute approximate surface area is 79.4 Å². The zero-order valence-electron chi connectivity index (χ0n) is 8.12. The van der Waals surface area contributed by atoms with Crippen LogP contribution < -0.4 is 5.32 Å². The van der Waals surface area contributed by atoms with Gasteiger partial charge < -0.3 is 5.32 Å². The second kappa shape index (κ2) is 3.52. The van der Waals surface area contributed by atoms with E-state index >= 15 is 0 Å². The standard InChI is InChI=1S/C11H17NO/c1-8-2-6-10(8)12-11(13)7-5-9-3-4-9/h5,7-10H,2-4,6H2,1H3,(H,12,13)/b7-5+. The summed E-state index contributed by atoms with van der Waals surface area (Å²) in [5, 5.41) is 3.02. The maximum Gasteiger partial charge on any atom is 0.243 e. The topological polar surface area (TPSA) is 29.1 Å². The van der Waals surface area contributed by atoms with E-state index in [9.17, 15) is 4.79 Å². The Hall–Kier alpha value is -0.790. The zero-order chi connectivity index (χ0) is 9.26. The first-order valence-electron chi connectivity index (χ1n) is 5.24. The lowest BCUT2D eigenvalue weighted by Crippen LogP contribution is -2.44. The lowest BCUT2D eigenvalue weighted by Gasteiger charge is -2.34. The predicted molar refractivity (Wildman–Crippen MR) is 52.2 cm³/mol. The number of allylic oxidation sites excluding steroid dienone is 1. The fraction of sp³-hybridized carbons (Fsp3) is 0.727. The van der Waals surface area contributed by atoms with E-state index in [0.717, 1.165) is 6.42 Å². The molecule has 1 amide bonds. The molecule has 0 radical (unpaired) electrons. The van der Waals surface area contributed by atoms with Gasteiger partial charge in [0.15, 0.2) is 0 Å². The van der Waals surface area contributed by atoms with Crippen LogP contribution in [-0.4, -0.2) is 11.9 Å². The van der Waals surface area contributed by atoms with E-state index in [1.807, 2.05) is 6.08 Å². The van der Waals surface area contributed by atoms with Gasteiger partial charge in [0, 0.05) is 6.04 Å². The Balaban J connectivity index is 1.71. The third-order valence-electron chi connectivity index (χ3n) is 3.09. The van der Waals surface area contributed by atoms with E-state index in [2.05, 4.69) is 12.2 Å². The molecule has 2 nitrogen and oxygen atoms in total. The summed E-state index contributed by atoms with van der Waals surface area (Å²) in [5.74, 6) is 1.48. The van der Waals surface area contributed by atoms with Crippen LogP contribution in [0, 0.1) is 11.8 Å². The van der Waals surface area contributed by atoms with Gasteiger partial charge in [-0.2, -0.15) is 0 Å². The Morgan fingerprint density at radius 2 is 2.08 bits per heavy atom. The largest absolute Gasteiger partial charge is 0.350 e. The SMILES string of the molecule is CC1CCC1NC(=O)/C=C/C1CC1. The Bertz CT molecular complexity index is 230. The lowest BCUT2D eigenvalue weighted by atomic mass is 9.81. The van der Waals surface area contributed by atoms with Gasteiger partial charge in [0.2, 0.25) is 5.91 Å². The molecule has 0 aromatic carbocycles. The monoisotopic (exact) mass is 179 g/mol. The summed E-state index contributed by atoms with van der Waals surface area (Å²) in [6.07, 6.45) is 8.70. The van der Waals surface area contributed by atoms with Gasteiger partial charge in [-0.05, 0) is 43.6 Å². The van der Waals surface area contributed by atoms with Crippen molar-refractivity contribution in [1.82, 2.24) is 5.32 Å². The van der Waals surface area contributed by atoms with Crippen LogP contribution in [0.25, 0.3) is 0 Å². The number of nitrogens with one attached hydrogen (secondary N) is 1. The van der Waals surface area contributed by atoms with Crippen LogP contribution >= 0.6 is 0 Å². The Kier molecular flexibility index (Phi) is 2.38. The first kappa shape index (κ1) is 8.79. The predicted octanol–water partition coefficient (Wildman–Crippen LogP) is 1.87. The van der Waals surface area contributed by atoms with Crippen LogP contribution in [0.15, 0.2) is 12.2 Å². The van der Waals surface area contributed by atoms with Gasteiger partial charge >= 0.3 is 0 Å². The number of hydrogen-bond donors (Lipinski definition) is 1. The maximum atomic E-state index is 11.3. The van der Waals surface area contributed by atoms with Crippen molar-refractivity contribution in [2.75, 3.05) is 0 Å². The van der Waals surface area contributed by atoms with Crippen molar-refractivity contribution >= 4 is 5.91 Å². The first-order chi connectivity index (χ1) is 6.25. The smallest absolute Gasteiger partial charge is 0.243 e. The van der Waals surface area contributed by atoms with Crippen molar-refractivity contribution in [2.45, 2.75) is 38.6 Å². The van der Waals surface area contributed by atoms with Crippen LogP contribution in [0.1, 0.15) is 32.6 Å². The molecular weight excluding hydrogens is 162 g/mol. The molecule has 0 saturated heterocycles.